The van der Waals surface area contributed by atoms with E-state index in [1.54, 1.807) is 0 Å². The number of nitro benzene ring substituents is 1. The van der Waals surface area contributed by atoms with Crippen molar-refractivity contribution in [1.29, 1.82) is 0 Å². The van der Waals surface area contributed by atoms with E-state index in [1.807, 2.05) is 31.2 Å². The van der Waals surface area contributed by atoms with E-state index in [4.69, 9.17) is 4.74 Å². The Morgan fingerprint density at radius 3 is 2.57 bits per heavy atom. The number of anilines is 1. The Bertz CT molecular complexity index is 923. The minimum Gasteiger partial charge on any atom is -0.460 e. The molecule has 1 amide bonds. The minimum atomic E-state index is -0.662. The summed E-state index contributed by atoms with van der Waals surface area (Å²) in [5.41, 5.74) is 2.61. The molecule has 8 nitrogen and oxygen atoms in total. The highest BCUT2D eigenvalue weighted by atomic mass is 16.6. The topological polar surface area (TPSA) is 111 Å². The normalized spacial score (nSPS) is 12.8. The number of nitro groups is 1. The quantitative estimate of drug-likeness (QED) is 0.268. The first kappa shape index (κ1) is 21.3. The molecule has 30 heavy (non-hydrogen) atoms. The number of rotatable bonds is 10. The van der Waals surface area contributed by atoms with Crippen LogP contribution in [0.15, 0.2) is 42.5 Å². The third-order valence-corrected chi connectivity index (χ3v) is 4.79. The lowest BCUT2D eigenvalue weighted by atomic mass is 10.1. The highest BCUT2D eigenvalue weighted by molar-refractivity contribution is 5.91. The molecular formula is C22H25N3O5. The smallest absolute Gasteiger partial charge is 0.338 e. The number of amides is 1. The van der Waals surface area contributed by atoms with Gasteiger partial charge in [-0.2, -0.15) is 0 Å². The molecule has 1 saturated carbocycles. The highest BCUT2D eigenvalue weighted by Gasteiger charge is 2.25. The van der Waals surface area contributed by atoms with Gasteiger partial charge in [-0.05, 0) is 43.9 Å². The molecule has 3 rings (SSSR count). The number of hydrogen-bond donors (Lipinski definition) is 2. The fraction of sp³-hybridized carbons (Fsp3) is 0.364. The van der Waals surface area contributed by atoms with Gasteiger partial charge in [-0.25, -0.2) is 4.79 Å². The predicted molar refractivity (Wildman–Crippen MR) is 113 cm³/mol. The molecule has 0 unspecified atom stereocenters. The van der Waals surface area contributed by atoms with Crippen molar-refractivity contribution in [2.45, 2.75) is 38.6 Å². The van der Waals surface area contributed by atoms with E-state index >= 15 is 0 Å². The maximum absolute atomic E-state index is 12.2. The third-order valence-electron chi connectivity index (χ3n) is 4.79. The van der Waals surface area contributed by atoms with Crippen molar-refractivity contribution >= 4 is 23.3 Å². The van der Waals surface area contributed by atoms with E-state index in [9.17, 15) is 19.7 Å². The van der Waals surface area contributed by atoms with Crippen LogP contribution >= 0.6 is 0 Å². The summed E-state index contributed by atoms with van der Waals surface area (Å²) in [6.07, 6.45) is 2.95. The molecule has 0 atom stereocenters. The van der Waals surface area contributed by atoms with Gasteiger partial charge >= 0.3 is 5.97 Å². The molecule has 2 N–H and O–H groups in total. The number of carbonyl (C=O) groups excluding carboxylic acids is 2. The lowest BCUT2D eigenvalue weighted by molar-refractivity contribution is -0.384. The van der Waals surface area contributed by atoms with Crippen molar-refractivity contribution in [3.63, 3.8) is 0 Å². The average molecular weight is 411 g/mol. The molecule has 158 valence electrons. The first-order valence-electron chi connectivity index (χ1n) is 9.97. The summed E-state index contributed by atoms with van der Waals surface area (Å²) in [5.74, 6) is -0.789. The summed E-state index contributed by atoms with van der Waals surface area (Å²) in [6, 6.07) is 12.5. The predicted octanol–water partition coefficient (Wildman–Crippen LogP) is 3.38. The van der Waals surface area contributed by atoms with E-state index in [-0.39, 0.29) is 36.4 Å². The Labute approximate surface area is 174 Å². The molecule has 1 fully saturated rings. The van der Waals surface area contributed by atoms with Gasteiger partial charge in [-0.1, -0.05) is 29.8 Å². The van der Waals surface area contributed by atoms with Gasteiger partial charge in [-0.15, -0.1) is 0 Å². The van der Waals surface area contributed by atoms with E-state index in [2.05, 4.69) is 10.6 Å². The van der Waals surface area contributed by atoms with Crippen LogP contribution in [0.3, 0.4) is 0 Å². The Morgan fingerprint density at radius 2 is 1.90 bits per heavy atom. The van der Waals surface area contributed by atoms with Gasteiger partial charge in [-0.3, -0.25) is 14.9 Å². The van der Waals surface area contributed by atoms with Crippen molar-refractivity contribution in [3.8, 4) is 0 Å². The van der Waals surface area contributed by atoms with Crippen LogP contribution in [0.4, 0.5) is 11.4 Å². The maximum Gasteiger partial charge on any atom is 0.338 e. The molecule has 0 spiro atoms. The zero-order valence-electron chi connectivity index (χ0n) is 16.8. The SMILES string of the molecule is Cc1ccc(CCC(=O)NCCOC(=O)c2ccc(NC3CC3)c([N+](=O)[O-])c2)cc1. The van der Waals surface area contributed by atoms with E-state index in [0.29, 0.717) is 18.5 Å². The Morgan fingerprint density at radius 1 is 1.17 bits per heavy atom. The lowest BCUT2D eigenvalue weighted by Crippen LogP contribution is -2.28. The van der Waals surface area contributed by atoms with Crippen LogP contribution in [-0.2, 0) is 16.0 Å². The molecule has 1 aliphatic carbocycles. The van der Waals surface area contributed by atoms with Crippen LogP contribution in [0, 0.1) is 17.0 Å². The Hall–Kier alpha value is -3.42. The summed E-state index contributed by atoms with van der Waals surface area (Å²) in [5, 5.41) is 17.1. The standard InChI is InChI=1S/C22H25N3O5/c1-15-2-4-16(5-3-15)6-11-21(26)23-12-13-30-22(27)17-7-10-19(24-18-8-9-18)20(14-17)25(28)29/h2-5,7,10,14,18,24H,6,8-9,11-13H2,1H3,(H,23,26). The van der Waals surface area contributed by atoms with Gasteiger partial charge in [0.2, 0.25) is 5.91 Å². The third kappa shape index (κ3) is 6.30. The number of nitrogens with one attached hydrogen (secondary N) is 2. The summed E-state index contributed by atoms with van der Waals surface area (Å²) in [4.78, 5) is 34.8. The van der Waals surface area contributed by atoms with E-state index in [1.165, 1.54) is 23.8 Å². The van der Waals surface area contributed by atoms with Crippen LogP contribution in [0.2, 0.25) is 0 Å². The van der Waals surface area contributed by atoms with Crippen LogP contribution in [-0.4, -0.2) is 36.0 Å². The molecule has 0 heterocycles. The summed E-state index contributed by atoms with van der Waals surface area (Å²) in [7, 11) is 0. The summed E-state index contributed by atoms with van der Waals surface area (Å²) < 4.78 is 5.13. The molecule has 8 heteroatoms. The Balaban J connectivity index is 1.41. The van der Waals surface area contributed by atoms with Gasteiger partial charge < -0.3 is 15.4 Å². The van der Waals surface area contributed by atoms with Gasteiger partial charge in [0.15, 0.2) is 0 Å². The van der Waals surface area contributed by atoms with Crippen molar-refractivity contribution in [1.82, 2.24) is 5.32 Å². The molecule has 1 aliphatic rings. The fourth-order valence-electron chi connectivity index (χ4n) is 2.90. The monoisotopic (exact) mass is 411 g/mol. The van der Waals surface area contributed by atoms with Gasteiger partial charge in [0, 0.05) is 18.5 Å². The molecule has 0 bridgehead atoms. The zero-order chi connectivity index (χ0) is 21.5. The minimum absolute atomic E-state index is 0.00895. The number of benzene rings is 2. The molecular weight excluding hydrogens is 386 g/mol. The van der Waals surface area contributed by atoms with Crippen molar-refractivity contribution < 1.29 is 19.2 Å². The lowest BCUT2D eigenvalue weighted by Gasteiger charge is -2.09. The molecule has 0 aromatic heterocycles. The Kier molecular flexibility index (Phi) is 7.00. The number of esters is 1. The number of aryl methyl sites for hydroxylation is 2. The maximum atomic E-state index is 12.2. The van der Waals surface area contributed by atoms with E-state index in [0.717, 1.165) is 18.4 Å². The first-order valence-corrected chi connectivity index (χ1v) is 9.97. The van der Waals surface area contributed by atoms with Gasteiger partial charge in [0.05, 0.1) is 17.0 Å². The number of carbonyl (C=O) groups is 2. The van der Waals surface area contributed by atoms with Crippen LogP contribution in [0.1, 0.15) is 40.7 Å². The van der Waals surface area contributed by atoms with Gasteiger partial charge in [0.25, 0.3) is 5.69 Å². The molecule has 2 aromatic carbocycles. The van der Waals surface area contributed by atoms with Crippen molar-refractivity contribution in [3.05, 3.63) is 69.3 Å². The molecule has 0 saturated heterocycles. The number of nitrogens with zero attached hydrogens (tertiary/aromatic N) is 1. The largest absolute Gasteiger partial charge is 0.460 e. The van der Waals surface area contributed by atoms with Crippen molar-refractivity contribution in [2.75, 3.05) is 18.5 Å². The van der Waals surface area contributed by atoms with Crippen LogP contribution < -0.4 is 10.6 Å². The highest BCUT2D eigenvalue weighted by Crippen LogP contribution is 2.31. The molecule has 2 aromatic rings. The second-order valence-electron chi connectivity index (χ2n) is 7.38. The van der Waals surface area contributed by atoms with Crippen molar-refractivity contribution in [2.24, 2.45) is 0 Å². The van der Waals surface area contributed by atoms with Gasteiger partial charge in [0.1, 0.15) is 12.3 Å². The van der Waals surface area contributed by atoms with E-state index < -0.39 is 10.9 Å². The van der Waals surface area contributed by atoms with Crippen LogP contribution in [0.5, 0.6) is 0 Å². The average Bonchev–Trinajstić information content (AvgIpc) is 3.54. The first-order chi connectivity index (χ1) is 14.4. The second kappa shape index (κ2) is 9.87. The summed E-state index contributed by atoms with van der Waals surface area (Å²) in [6.45, 7) is 2.18. The second-order valence-corrected chi connectivity index (χ2v) is 7.38. The number of ether oxygens (including phenoxy) is 1. The van der Waals surface area contributed by atoms with Crippen LogP contribution in [0.25, 0.3) is 0 Å². The fourth-order valence-corrected chi connectivity index (χ4v) is 2.90. The molecule has 0 radical (unpaired) electrons. The molecule has 0 aliphatic heterocycles. The number of hydrogen-bond acceptors (Lipinski definition) is 6. The zero-order valence-corrected chi connectivity index (χ0v) is 16.8. The summed E-state index contributed by atoms with van der Waals surface area (Å²) >= 11 is 0.